The van der Waals surface area contributed by atoms with E-state index in [9.17, 15) is 10.1 Å². The molecule has 6 nitrogen and oxygen atoms in total. The van der Waals surface area contributed by atoms with E-state index in [-0.39, 0.29) is 11.4 Å². The Kier molecular flexibility index (Phi) is 4.17. The molecule has 0 aliphatic rings. The molecule has 0 radical (unpaired) electrons. The molecule has 0 amide bonds. The summed E-state index contributed by atoms with van der Waals surface area (Å²) in [6.45, 7) is 2.27. The number of nitro benzene ring substituents is 1. The van der Waals surface area contributed by atoms with Crippen LogP contribution in [0, 0.1) is 17.0 Å². The van der Waals surface area contributed by atoms with Gasteiger partial charge in [0.05, 0.1) is 4.92 Å². The van der Waals surface area contributed by atoms with Crippen LogP contribution < -0.4 is 16.0 Å². The molecule has 0 aliphatic heterocycles. The number of para-hydroxylation sites is 1. The summed E-state index contributed by atoms with van der Waals surface area (Å²) in [7, 11) is 0. The Hall–Kier alpha value is -2.60. The van der Waals surface area contributed by atoms with Crippen molar-refractivity contribution in [3.05, 3.63) is 63.7 Å². The number of nitrogens with two attached hydrogens (primary N) is 1. The number of nitrogen functional groups attached to an aromatic ring is 1. The lowest BCUT2D eigenvalue weighted by Crippen LogP contribution is -2.10. The zero-order chi connectivity index (χ0) is 14.5. The molecule has 0 spiro atoms. The van der Waals surface area contributed by atoms with E-state index in [1.807, 2.05) is 31.2 Å². The van der Waals surface area contributed by atoms with Crippen molar-refractivity contribution in [1.82, 2.24) is 0 Å². The molecule has 20 heavy (non-hydrogen) atoms. The maximum absolute atomic E-state index is 10.8. The summed E-state index contributed by atoms with van der Waals surface area (Å²) in [5.41, 5.74) is 4.36. The molecule has 0 unspecified atom stereocenters. The summed E-state index contributed by atoms with van der Waals surface area (Å²) < 4.78 is 5.68. The third-order valence-corrected chi connectivity index (χ3v) is 2.90. The van der Waals surface area contributed by atoms with Gasteiger partial charge in [0.2, 0.25) is 0 Å². The summed E-state index contributed by atoms with van der Waals surface area (Å²) in [6.07, 6.45) is 0. The van der Waals surface area contributed by atoms with Gasteiger partial charge in [-0.15, -0.1) is 0 Å². The highest BCUT2D eigenvalue weighted by Gasteiger charge is 2.13. The van der Waals surface area contributed by atoms with Gasteiger partial charge < -0.3 is 10.2 Å². The van der Waals surface area contributed by atoms with Crippen molar-refractivity contribution < 1.29 is 9.66 Å². The normalized spacial score (nSPS) is 10.1. The summed E-state index contributed by atoms with van der Waals surface area (Å²) in [5, 5.41) is 10.8. The summed E-state index contributed by atoms with van der Waals surface area (Å²) in [4.78, 5) is 10.3. The van der Waals surface area contributed by atoms with Crippen LogP contribution in [0.15, 0.2) is 42.5 Å². The van der Waals surface area contributed by atoms with Crippen molar-refractivity contribution >= 4 is 11.4 Å². The highest BCUT2D eigenvalue weighted by Crippen LogP contribution is 2.25. The van der Waals surface area contributed by atoms with Crippen LogP contribution in [0.4, 0.5) is 11.4 Å². The Morgan fingerprint density at radius 2 is 2.05 bits per heavy atom. The summed E-state index contributed by atoms with van der Waals surface area (Å²) >= 11 is 0. The molecule has 0 fully saturated rings. The fraction of sp³-hybridized carbons (Fsp3) is 0.143. The summed E-state index contributed by atoms with van der Waals surface area (Å²) in [5.74, 6) is 6.08. The highest BCUT2D eigenvalue weighted by molar-refractivity contribution is 5.62. The Morgan fingerprint density at radius 1 is 1.30 bits per heavy atom. The molecular formula is C14H15N3O3. The first-order valence-corrected chi connectivity index (χ1v) is 6.04. The van der Waals surface area contributed by atoms with Gasteiger partial charge in [-0.1, -0.05) is 18.2 Å². The van der Waals surface area contributed by atoms with Crippen LogP contribution in [-0.2, 0) is 6.61 Å². The fourth-order valence-electron chi connectivity index (χ4n) is 1.83. The quantitative estimate of drug-likeness (QED) is 0.496. The van der Waals surface area contributed by atoms with Crippen LogP contribution in [0.25, 0.3) is 0 Å². The van der Waals surface area contributed by atoms with E-state index in [1.54, 1.807) is 12.1 Å². The lowest BCUT2D eigenvalue weighted by atomic mass is 10.2. The molecule has 0 atom stereocenters. The molecule has 2 aromatic carbocycles. The molecule has 0 saturated heterocycles. The van der Waals surface area contributed by atoms with Crippen molar-refractivity contribution in [2.75, 3.05) is 5.43 Å². The van der Waals surface area contributed by atoms with Crippen LogP contribution in [0.3, 0.4) is 0 Å². The van der Waals surface area contributed by atoms with E-state index < -0.39 is 4.92 Å². The second kappa shape index (κ2) is 6.03. The largest absolute Gasteiger partial charge is 0.489 e. The Labute approximate surface area is 116 Å². The molecule has 6 heteroatoms. The van der Waals surface area contributed by atoms with Crippen LogP contribution in [0.1, 0.15) is 11.1 Å². The number of anilines is 1. The average Bonchev–Trinajstić information content (AvgIpc) is 2.46. The highest BCUT2D eigenvalue weighted by atomic mass is 16.6. The first kappa shape index (κ1) is 13.8. The third-order valence-electron chi connectivity index (χ3n) is 2.90. The number of nitro groups is 1. The number of hydrogen-bond donors (Lipinski definition) is 2. The van der Waals surface area contributed by atoms with E-state index in [0.717, 1.165) is 16.9 Å². The lowest BCUT2D eigenvalue weighted by Gasteiger charge is -2.10. The summed E-state index contributed by atoms with van der Waals surface area (Å²) in [6, 6.07) is 12.3. The maximum Gasteiger partial charge on any atom is 0.293 e. The number of benzene rings is 2. The second-order valence-electron chi connectivity index (χ2n) is 4.31. The van der Waals surface area contributed by atoms with Crippen molar-refractivity contribution in [1.29, 1.82) is 0 Å². The minimum Gasteiger partial charge on any atom is -0.489 e. The topological polar surface area (TPSA) is 90.4 Å². The van der Waals surface area contributed by atoms with Crippen molar-refractivity contribution in [3.8, 4) is 5.75 Å². The Morgan fingerprint density at radius 3 is 2.70 bits per heavy atom. The zero-order valence-electron chi connectivity index (χ0n) is 11.0. The second-order valence-corrected chi connectivity index (χ2v) is 4.31. The van der Waals surface area contributed by atoms with Gasteiger partial charge in [0, 0.05) is 6.07 Å². The molecule has 2 aromatic rings. The molecule has 3 N–H and O–H groups in total. The molecule has 0 bridgehead atoms. The standard InChI is InChI=1S/C14H15N3O3/c1-10-4-2-3-5-14(10)20-9-11-6-7-13(17(18)19)12(8-11)16-15/h2-8,16H,9,15H2,1H3. The van der Waals surface area contributed by atoms with Crippen LogP contribution in [0.2, 0.25) is 0 Å². The number of rotatable bonds is 5. The van der Waals surface area contributed by atoms with Gasteiger partial charge in [-0.3, -0.25) is 16.0 Å². The number of nitrogens with one attached hydrogen (secondary N) is 1. The van der Waals surface area contributed by atoms with Gasteiger partial charge in [-0.05, 0) is 36.2 Å². The number of nitrogens with zero attached hydrogens (tertiary/aromatic N) is 1. The number of ether oxygens (including phenoxy) is 1. The van der Waals surface area contributed by atoms with Crippen molar-refractivity contribution in [2.45, 2.75) is 13.5 Å². The van der Waals surface area contributed by atoms with Gasteiger partial charge in [0.15, 0.2) is 0 Å². The minimum atomic E-state index is -0.485. The van der Waals surface area contributed by atoms with Crippen LogP contribution >= 0.6 is 0 Å². The maximum atomic E-state index is 10.8. The number of aryl methyl sites for hydroxylation is 1. The van der Waals surface area contributed by atoms with Crippen molar-refractivity contribution in [2.24, 2.45) is 5.84 Å². The average molecular weight is 273 g/mol. The van der Waals surface area contributed by atoms with E-state index in [2.05, 4.69) is 5.43 Å². The molecule has 0 heterocycles. The van der Waals surface area contributed by atoms with E-state index in [4.69, 9.17) is 10.6 Å². The van der Waals surface area contributed by atoms with Gasteiger partial charge >= 0.3 is 0 Å². The minimum absolute atomic E-state index is 0.0628. The molecular weight excluding hydrogens is 258 g/mol. The lowest BCUT2D eigenvalue weighted by molar-refractivity contribution is -0.384. The van der Waals surface area contributed by atoms with E-state index in [0.29, 0.717) is 6.61 Å². The predicted molar refractivity (Wildman–Crippen MR) is 76.4 cm³/mol. The SMILES string of the molecule is Cc1ccccc1OCc1ccc([N+](=O)[O-])c(NN)c1. The van der Waals surface area contributed by atoms with Crippen LogP contribution in [0.5, 0.6) is 5.75 Å². The molecule has 104 valence electrons. The zero-order valence-corrected chi connectivity index (χ0v) is 11.0. The molecule has 0 saturated carbocycles. The monoisotopic (exact) mass is 273 g/mol. The first-order chi connectivity index (χ1) is 9.61. The fourth-order valence-corrected chi connectivity index (χ4v) is 1.83. The number of hydrogen-bond acceptors (Lipinski definition) is 5. The predicted octanol–water partition coefficient (Wildman–Crippen LogP) is 2.77. The van der Waals surface area contributed by atoms with E-state index in [1.165, 1.54) is 6.07 Å². The van der Waals surface area contributed by atoms with E-state index >= 15 is 0 Å². The van der Waals surface area contributed by atoms with Gasteiger partial charge in [0.25, 0.3) is 5.69 Å². The molecule has 0 aliphatic carbocycles. The smallest absolute Gasteiger partial charge is 0.293 e. The molecule has 0 aromatic heterocycles. The van der Waals surface area contributed by atoms with Gasteiger partial charge in [0.1, 0.15) is 18.0 Å². The number of hydrazine groups is 1. The van der Waals surface area contributed by atoms with Crippen molar-refractivity contribution in [3.63, 3.8) is 0 Å². The van der Waals surface area contributed by atoms with Crippen LogP contribution in [-0.4, -0.2) is 4.92 Å². The molecule has 2 rings (SSSR count). The van der Waals surface area contributed by atoms with Gasteiger partial charge in [-0.25, -0.2) is 0 Å². The van der Waals surface area contributed by atoms with Gasteiger partial charge in [-0.2, -0.15) is 0 Å². The Bertz CT molecular complexity index is 629. The third kappa shape index (κ3) is 3.04. The first-order valence-electron chi connectivity index (χ1n) is 6.04. The Balaban J connectivity index is 2.15.